The Morgan fingerprint density at radius 3 is 1.91 bits per heavy atom. The molecule has 1 fully saturated rings. The molecule has 1 saturated carbocycles. The van der Waals surface area contributed by atoms with E-state index in [-0.39, 0.29) is 17.4 Å². The SMILES string of the molecule is Cc1cc(C)c(NC(=O)C2(C(=O)NC(C)(C)C)CC2)c(C)c1. The van der Waals surface area contributed by atoms with Crippen LogP contribution in [0, 0.1) is 26.2 Å². The summed E-state index contributed by atoms with van der Waals surface area (Å²) in [6.45, 7) is 11.8. The van der Waals surface area contributed by atoms with Crippen LogP contribution in [0.15, 0.2) is 12.1 Å². The molecule has 0 radical (unpaired) electrons. The van der Waals surface area contributed by atoms with Crippen LogP contribution >= 0.6 is 0 Å². The molecular formula is C18H26N2O2. The maximum atomic E-state index is 12.6. The molecule has 0 heterocycles. The summed E-state index contributed by atoms with van der Waals surface area (Å²) in [6, 6.07) is 4.08. The quantitative estimate of drug-likeness (QED) is 0.842. The molecule has 0 aliphatic heterocycles. The van der Waals surface area contributed by atoms with Crippen molar-refractivity contribution in [3.63, 3.8) is 0 Å². The van der Waals surface area contributed by atoms with Crippen molar-refractivity contribution in [3.8, 4) is 0 Å². The molecule has 0 saturated heterocycles. The topological polar surface area (TPSA) is 58.2 Å². The van der Waals surface area contributed by atoms with Gasteiger partial charge in [0.2, 0.25) is 11.8 Å². The largest absolute Gasteiger partial charge is 0.351 e. The lowest BCUT2D eigenvalue weighted by atomic mass is 10.00. The summed E-state index contributed by atoms with van der Waals surface area (Å²) in [5.74, 6) is -0.357. The van der Waals surface area contributed by atoms with Crippen molar-refractivity contribution < 1.29 is 9.59 Å². The molecule has 0 unspecified atom stereocenters. The van der Waals surface area contributed by atoms with Crippen LogP contribution in [0.4, 0.5) is 5.69 Å². The molecule has 2 rings (SSSR count). The molecule has 2 N–H and O–H groups in total. The van der Waals surface area contributed by atoms with Crippen LogP contribution in [0.3, 0.4) is 0 Å². The van der Waals surface area contributed by atoms with Gasteiger partial charge in [0, 0.05) is 11.2 Å². The van der Waals surface area contributed by atoms with Crippen LogP contribution in [-0.2, 0) is 9.59 Å². The van der Waals surface area contributed by atoms with Crippen molar-refractivity contribution in [2.45, 2.75) is 59.9 Å². The lowest BCUT2D eigenvalue weighted by molar-refractivity contribution is -0.135. The molecule has 4 nitrogen and oxygen atoms in total. The first-order chi connectivity index (χ1) is 10.0. The highest BCUT2D eigenvalue weighted by atomic mass is 16.2. The van der Waals surface area contributed by atoms with Gasteiger partial charge in [0.1, 0.15) is 5.41 Å². The van der Waals surface area contributed by atoms with E-state index in [2.05, 4.69) is 10.6 Å². The summed E-state index contributed by atoms with van der Waals surface area (Å²) in [5, 5.41) is 5.90. The van der Waals surface area contributed by atoms with E-state index in [4.69, 9.17) is 0 Å². The average molecular weight is 302 g/mol. The Morgan fingerprint density at radius 2 is 1.50 bits per heavy atom. The number of carbonyl (C=O) groups excluding carboxylic acids is 2. The van der Waals surface area contributed by atoms with Crippen molar-refractivity contribution in [2.75, 3.05) is 5.32 Å². The van der Waals surface area contributed by atoms with Crippen molar-refractivity contribution in [1.29, 1.82) is 0 Å². The van der Waals surface area contributed by atoms with Gasteiger partial charge in [0.05, 0.1) is 0 Å². The van der Waals surface area contributed by atoms with Crippen molar-refractivity contribution in [3.05, 3.63) is 28.8 Å². The van der Waals surface area contributed by atoms with E-state index in [9.17, 15) is 9.59 Å². The summed E-state index contributed by atoms with van der Waals surface area (Å²) in [5.41, 5.74) is 2.82. The first-order valence-electron chi connectivity index (χ1n) is 7.77. The average Bonchev–Trinajstić information content (AvgIpc) is 3.12. The fraction of sp³-hybridized carbons (Fsp3) is 0.556. The molecule has 4 heteroatoms. The minimum absolute atomic E-state index is 0.167. The Balaban J connectivity index is 2.18. The van der Waals surface area contributed by atoms with Gasteiger partial charge in [-0.15, -0.1) is 0 Å². The molecule has 120 valence electrons. The highest BCUT2D eigenvalue weighted by molar-refractivity contribution is 6.13. The van der Waals surface area contributed by atoms with Gasteiger partial charge in [-0.2, -0.15) is 0 Å². The maximum Gasteiger partial charge on any atom is 0.240 e. The van der Waals surface area contributed by atoms with Gasteiger partial charge < -0.3 is 10.6 Å². The fourth-order valence-electron chi connectivity index (χ4n) is 2.75. The third-order valence-corrected chi connectivity index (χ3v) is 4.02. The molecule has 22 heavy (non-hydrogen) atoms. The van der Waals surface area contributed by atoms with Crippen molar-refractivity contribution in [1.82, 2.24) is 5.32 Å². The maximum absolute atomic E-state index is 12.6. The smallest absolute Gasteiger partial charge is 0.240 e. The van der Waals surface area contributed by atoms with E-state index < -0.39 is 5.41 Å². The van der Waals surface area contributed by atoms with Gasteiger partial charge in [0.15, 0.2) is 0 Å². The number of hydrogen-bond donors (Lipinski definition) is 2. The molecule has 0 aromatic heterocycles. The number of benzene rings is 1. The standard InChI is InChI=1S/C18H26N2O2/c1-11-9-12(2)14(13(3)10-11)19-15(21)18(7-8-18)16(22)20-17(4,5)6/h9-10H,7-8H2,1-6H3,(H,19,21)(H,20,22). The zero-order chi connectivity index (χ0) is 16.7. The Kier molecular flexibility index (Phi) is 4.07. The van der Waals surface area contributed by atoms with Gasteiger partial charge in [-0.1, -0.05) is 17.7 Å². The van der Waals surface area contributed by atoms with Crippen LogP contribution < -0.4 is 10.6 Å². The first kappa shape index (κ1) is 16.5. The minimum atomic E-state index is -0.892. The highest BCUT2D eigenvalue weighted by Gasteiger charge is 2.57. The second kappa shape index (κ2) is 5.41. The van der Waals surface area contributed by atoms with E-state index in [0.717, 1.165) is 16.8 Å². The normalized spacial score (nSPS) is 16.1. The summed E-state index contributed by atoms with van der Waals surface area (Å²) >= 11 is 0. The number of rotatable bonds is 3. The van der Waals surface area contributed by atoms with Gasteiger partial charge in [0.25, 0.3) is 0 Å². The first-order valence-corrected chi connectivity index (χ1v) is 7.77. The van der Waals surface area contributed by atoms with E-state index in [1.54, 1.807) is 0 Å². The summed E-state index contributed by atoms with van der Waals surface area (Å²) in [7, 11) is 0. The van der Waals surface area contributed by atoms with Crippen molar-refractivity contribution in [2.24, 2.45) is 5.41 Å². The molecular weight excluding hydrogens is 276 g/mol. The molecule has 0 bridgehead atoms. The van der Waals surface area contributed by atoms with E-state index in [0.29, 0.717) is 12.8 Å². The molecule has 0 spiro atoms. The van der Waals surface area contributed by atoms with Gasteiger partial charge in [-0.3, -0.25) is 9.59 Å². The number of hydrogen-bond acceptors (Lipinski definition) is 2. The number of nitrogens with one attached hydrogen (secondary N) is 2. The molecule has 2 amide bonds. The third-order valence-electron chi connectivity index (χ3n) is 4.02. The molecule has 1 aliphatic rings. The minimum Gasteiger partial charge on any atom is -0.351 e. The van der Waals surface area contributed by atoms with E-state index in [1.165, 1.54) is 5.56 Å². The highest BCUT2D eigenvalue weighted by Crippen LogP contribution is 2.47. The number of carbonyl (C=O) groups is 2. The monoisotopic (exact) mass is 302 g/mol. The van der Waals surface area contributed by atoms with Gasteiger partial charge >= 0.3 is 0 Å². The summed E-state index contributed by atoms with van der Waals surface area (Å²) in [6.07, 6.45) is 1.23. The second-order valence-electron chi connectivity index (χ2n) is 7.51. The summed E-state index contributed by atoms with van der Waals surface area (Å²) < 4.78 is 0. The Hall–Kier alpha value is -1.84. The zero-order valence-corrected chi connectivity index (χ0v) is 14.4. The Labute approximate surface area is 132 Å². The lowest BCUT2D eigenvalue weighted by Crippen LogP contribution is -2.48. The van der Waals surface area contributed by atoms with Crippen LogP contribution in [0.2, 0.25) is 0 Å². The van der Waals surface area contributed by atoms with E-state index >= 15 is 0 Å². The predicted octanol–water partition coefficient (Wildman–Crippen LogP) is 3.25. The van der Waals surface area contributed by atoms with Gasteiger partial charge in [-0.25, -0.2) is 0 Å². The molecule has 1 aliphatic carbocycles. The molecule has 1 aromatic rings. The van der Waals surface area contributed by atoms with Gasteiger partial charge in [-0.05, 0) is 65.5 Å². The number of aryl methyl sites for hydroxylation is 3. The predicted molar refractivity (Wildman–Crippen MR) is 88.8 cm³/mol. The fourth-order valence-corrected chi connectivity index (χ4v) is 2.75. The third kappa shape index (κ3) is 3.32. The van der Waals surface area contributed by atoms with Crippen LogP contribution in [0.25, 0.3) is 0 Å². The second-order valence-corrected chi connectivity index (χ2v) is 7.51. The van der Waals surface area contributed by atoms with Crippen LogP contribution in [-0.4, -0.2) is 17.4 Å². The number of amides is 2. The Bertz CT molecular complexity index is 599. The number of anilines is 1. The molecule has 1 aromatic carbocycles. The zero-order valence-electron chi connectivity index (χ0n) is 14.4. The van der Waals surface area contributed by atoms with Crippen LogP contribution in [0.5, 0.6) is 0 Å². The Morgan fingerprint density at radius 1 is 1.00 bits per heavy atom. The molecule has 0 atom stereocenters. The van der Waals surface area contributed by atoms with Crippen molar-refractivity contribution >= 4 is 17.5 Å². The van der Waals surface area contributed by atoms with Crippen LogP contribution in [0.1, 0.15) is 50.3 Å². The van der Waals surface area contributed by atoms with E-state index in [1.807, 2.05) is 53.7 Å². The lowest BCUT2D eigenvalue weighted by Gasteiger charge is -2.25. The summed E-state index contributed by atoms with van der Waals surface area (Å²) in [4.78, 5) is 25.1.